The summed E-state index contributed by atoms with van der Waals surface area (Å²) >= 11 is 0. The molecule has 0 spiro atoms. The Hall–Kier alpha value is -1.32. The Balaban J connectivity index is 2.46. The maximum atomic E-state index is 11.6. The van der Waals surface area contributed by atoms with Crippen molar-refractivity contribution in [3.63, 3.8) is 0 Å². The number of esters is 2. The first kappa shape index (κ1) is 12.7. The lowest BCUT2D eigenvalue weighted by Gasteiger charge is -2.19. The Morgan fingerprint density at radius 3 is 2.62 bits per heavy atom. The first-order valence-electron chi connectivity index (χ1n) is 5.35. The molecule has 0 aliphatic carbocycles. The van der Waals surface area contributed by atoms with Gasteiger partial charge in [-0.05, 0) is 11.8 Å². The number of rotatable bonds is 3. The first-order valence-corrected chi connectivity index (χ1v) is 5.35. The molecule has 0 aromatic heterocycles. The standard InChI is InChI=1S/C12H18O4/c1-8(7-12(2,3)4)10(13)16-9-5-6-15-11(9)14/h9H,1,5-7H2,2-4H3. The Morgan fingerprint density at radius 2 is 2.19 bits per heavy atom. The van der Waals surface area contributed by atoms with Crippen LogP contribution in [0.15, 0.2) is 12.2 Å². The summed E-state index contributed by atoms with van der Waals surface area (Å²) in [6.45, 7) is 10.0. The molecule has 0 bridgehead atoms. The van der Waals surface area contributed by atoms with E-state index in [1.54, 1.807) is 0 Å². The molecule has 90 valence electrons. The highest BCUT2D eigenvalue weighted by Crippen LogP contribution is 2.24. The number of cyclic esters (lactones) is 1. The van der Waals surface area contributed by atoms with Crippen molar-refractivity contribution >= 4 is 11.9 Å². The predicted octanol–water partition coefficient (Wildman–Crippen LogP) is 1.84. The molecule has 1 unspecified atom stereocenters. The number of carbonyl (C=O) groups is 2. The summed E-state index contributed by atoms with van der Waals surface area (Å²) in [5.74, 6) is -0.962. The highest BCUT2D eigenvalue weighted by atomic mass is 16.6. The quantitative estimate of drug-likeness (QED) is 0.544. The van der Waals surface area contributed by atoms with Gasteiger partial charge >= 0.3 is 11.9 Å². The van der Waals surface area contributed by atoms with E-state index in [2.05, 4.69) is 6.58 Å². The van der Waals surface area contributed by atoms with E-state index >= 15 is 0 Å². The number of hydrogen-bond donors (Lipinski definition) is 0. The molecule has 0 aromatic carbocycles. The molecule has 4 nitrogen and oxygen atoms in total. The van der Waals surface area contributed by atoms with Crippen molar-refractivity contribution in [3.8, 4) is 0 Å². The van der Waals surface area contributed by atoms with Crippen LogP contribution in [0.4, 0.5) is 0 Å². The molecule has 1 aliphatic heterocycles. The van der Waals surface area contributed by atoms with Crippen molar-refractivity contribution in [1.29, 1.82) is 0 Å². The smallest absolute Gasteiger partial charge is 0.347 e. The largest absolute Gasteiger partial charge is 0.463 e. The molecule has 0 amide bonds. The van der Waals surface area contributed by atoms with Crippen LogP contribution in [0.5, 0.6) is 0 Å². The fraction of sp³-hybridized carbons (Fsp3) is 0.667. The van der Waals surface area contributed by atoms with Crippen LogP contribution in [0.3, 0.4) is 0 Å². The Morgan fingerprint density at radius 1 is 1.56 bits per heavy atom. The topological polar surface area (TPSA) is 52.6 Å². The van der Waals surface area contributed by atoms with Gasteiger partial charge in [0.25, 0.3) is 0 Å². The lowest BCUT2D eigenvalue weighted by molar-refractivity contribution is -0.157. The minimum Gasteiger partial charge on any atom is -0.463 e. The monoisotopic (exact) mass is 226 g/mol. The van der Waals surface area contributed by atoms with Gasteiger partial charge in [0.05, 0.1) is 6.61 Å². The summed E-state index contributed by atoms with van der Waals surface area (Å²) in [6, 6.07) is 0. The van der Waals surface area contributed by atoms with Crippen LogP contribution < -0.4 is 0 Å². The molecule has 0 N–H and O–H groups in total. The Bertz CT molecular complexity index is 311. The third kappa shape index (κ3) is 3.68. The van der Waals surface area contributed by atoms with Crippen LogP contribution >= 0.6 is 0 Å². The van der Waals surface area contributed by atoms with Crippen LogP contribution in [-0.2, 0) is 19.1 Å². The predicted molar refractivity (Wildman–Crippen MR) is 58.7 cm³/mol. The average Bonchev–Trinajstić information content (AvgIpc) is 2.49. The van der Waals surface area contributed by atoms with E-state index in [1.165, 1.54) is 0 Å². The van der Waals surface area contributed by atoms with E-state index in [0.29, 0.717) is 25.0 Å². The Labute approximate surface area is 95.6 Å². The van der Waals surface area contributed by atoms with E-state index in [0.717, 1.165) is 0 Å². The van der Waals surface area contributed by atoms with Crippen molar-refractivity contribution in [3.05, 3.63) is 12.2 Å². The lowest BCUT2D eigenvalue weighted by Crippen LogP contribution is -2.24. The summed E-state index contributed by atoms with van der Waals surface area (Å²) < 4.78 is 9.72. The van der Waals surface area contributed by atoms with Crippen LogP contribution in [0.1, 0.15) is 33.6 Å². The molecule has 0 aromatic rings. The van der Waals surface area contributed by atoms with Crippen LogP contribution in [0.2, 0.25) is 0 Å². The van der Waals surface area contributed by atoms with Crippen molar-refractivity contribution in [2.75, 3.05) is 6.61 Å². The van der Waals surface area contributed by atoms with Gasteiger partial charge in [-0.3, -0.25) is 0 Å². The van der Waals surface area contributed by atoms with Gasteiger partial charge in [-0.25, -0.2) is 9.59 Å². The second-order valence-corrected chi connectivity index (χ2v) is 5.19. The summed E-state index contributed by atoms with van der Waals surface area (Å²) in [5.41, 5.74) is 0.374. The molecule has 1 aliphatic rings. The van der Waals surface area contributed by atoms with Crippen molar-refractivity contribution < 1.29 is 19.1 Å². The maximum absolute atomic E-state index is 11.6. The second-order valence-electron chi connectivity index (χ2n) is 5.19. The highest BCUT2D eigenvalue weighted by molar-refractivity contribution is 5.90. The molecule has 1 saturated heterocycles. The SMILES string of the molecule is C=C(CC(C)(C)C)C(=O)OC1CCOC1=O. The summed E-state index contributed by atoms with van der Waals surface area (Å²) in [4.78, 5) is 22.7. The van der Waals surface area contributed by atoms with E-state index in [1.807, 2.05) is 20.8 Å². The first-order chi connectivity index (χ1) is 7.29. The summed E-state index contributed by atoms with van der Waals surface area (Å²) in [7, 11) is 0. The zero-order chi connectivity index (χ0) is 12.3. The molecule has 16 heavy (non-hydrogen) atoms. The van der Waals surface area contributed by atoms with Crippen molar-refractivity contribution in [2.24, 2.45) is 5.41 Å². The van der Waals surface area contributed by atoms with Crippen LogP contribution in [0.25, 0.3) is 0 Å². The third-order valence-corrected chi connectivity index (χ3v) is 2.17. The minimum absolute atomic E-state index is 0.0215. The van der Waals surface area contributed by atoms with E-state index < -0.39 is 18.0 Å². The minimum atomic E-state index is -0.746. The van der Waals surface area contributed by atoms with E-state index in [4.69, 9.17) is 9.47 Å². The highest BCUT2D eigenvalue weighted by Gasteiger charge is 2.31. The van der Waals surface area contributed by atoms with Gasteiger partial charge in [-0.1, -0.05) is 27.4 Å². The summed E-state index contributed by atoms with van der Waals surface area (Å²) in [5, 5.41) is 0. The number of carbonyl (C=O) groups excluding carboxylic acids is 2. The van der Waals surface area contributed by atoms with Gasteiger partial charge in [-0.2, -0.15) is 0 Å². The van der Waals surface area contributed by atoms with Gasteiger partial charge in [0, 0.05) is 12.0 Å². The van der Waals surface area contributed by atoms with Gasteiger partial charge < -0.3 is 9.47 Å². The molecular weight excluding hydrogens is 208 g/mol. The van der Waals surface area contributed by atoms with E-state index in [-0.39, 0.29) is 5.41 Å². The fourth-order valence-corrected chi connectivity index (χ4v) is 1.51. The van der Waals surface area contributed by atoms with Gasteiger partial charge in [0.15, 0.2) is 0 Å². The molecule has 0 saturated carbocycles. The number of ether oxygens (including phenoxy) is 2. The zero-order valence-corrected chi connectivity index (χ0v) is 10.0. The summed E-state index contributed by atoms with van der Waals surface area (Å²) in [6.07, 6.45) is 0.241. The Kier molecular flexibility index (Phi) is 3.73. The third-order valence-electron chi connectivity index (χ3n) is 2.17. The molecule has 1 heterocycles. The molecule has 1 rings (SSSR count). The lowest BCUT2D eigenvalue weighted by atomic mass is 9.88. The molecule has 0 radical (unpaired) electrons. The zero-order valence-electron chi connectivity index (χ0n) is 10.0. The molecule has 4 heteroatoms. The second kappa shape index (κ2) is 4.68. The average molecular weight is 226 g/mol. The van der Waals surface area contributed by atoms with Gasteiger partial charge in [0.1, 0.15) is 0 Å². The van der Waals surface area contributed by atoms with Crippen LogP contribution in [0, 0.1) is 5.41 Å². The van der Waals surface area contributed by atoms with Crippen molar-refractivity contribution in [2.45, 2.75) is 39.7 Å². The molecular formula is C12H18O4. The maximum Gasteiger partial charge on any atom is 0.347 e. The number of hydrogen-bond acceptors (Lipinski definition) is 4. The molecule has 1 atom stereocenters. The van der Waals surface area contributed by atoms with Gasteiger partial charge in [0.2, 0.25) is 6.10 Å². The van der Waals surface area contributed by atoms with Gasteiger partial charge in [-0.15, -0.1) is 0 Å². The van der Waals surface area contributed by atoms with Crippen molar-refractivity contribution in [1.82, 2.24) is 0 Å². The molecule has 1 fully saturated rings. The normalized spacial score (nSPS) is 20.4. The fourth-order valence-electron chi connectivity index (χ4n) is 1.51. The van der Waals surface area contributed by atoms with Crippen LogP contribution in [-0.4, -0.2) is 24.6 Å². The van der Waals surface area contributed by atoms with E-state index in [9.17, 15) is 9.59 Å².